The Morgan fingerprint density at radius 1 is 0.639 bits per heavy atom. The molecule has 0 spiro atoms. The molecular formula is C33H48O3. The maximum absolute atomic E-state index is 12.6. The van der Waals surface area contributed by atoms with Crippen molar-refractivity contribution in [3.05, 3.63) is 59.7 Å². The quantitative estimate of drug-likeness (QED) is 0.111. The van der Waals surface area contributed by atoms with Gasteiger partial charge in [-0.2, -0.15) is 0 Å². The number of Topliss-reactive ketones (excluding diaryl/α,β-unsaturated/α-hetero) is 1. The van der Waals surface area contributed by atoms with Crippen LogP contribution in [0.15, 0.2) is 48.5 Å². The van der Waals surface area contributed by atoms with Gasteiger partial charge >= 0.3 is 5.97 Å². The number of hydrogen-bond donors (Lipinski definition) is 0. The van der Waals surface area contributed by atoms with E-state index in [4.69, 9.17) is 4.74 Å². The fraction of sp³-hybridized carbons (Fsp3) is 0.576. The first-order valence-electron chi connectivity index (χ1n) is 14.5. The summed E-state index contributed by atoms with van der Waals surface area (Å²) in [4.78, 5) is 24.8. The van der Waals surface area contributed by atoms with E-state index >= 15 is 0 Å². The van der Waals surface area contributed by atoms with Gasteiger partial charge in [0.25, 0.3) is 0 Å². The van der Waals surface area contributed by atoms with Crippen molar-refractivity contribution in [2.45, 2.75) is 111 Å². The van der Waals surface area contributed by atoms with Gasteiger partial charge in [0.05, 0.1) is 12.2 Å². The second-order valence-electron chi connectivity index (χ2n) is 10.3. The van der Waals surface area contributed by atoms with E-state index in [0.717, 1.165) is 36.0 Å². The van der Waals surface area contributed by atoms with E-state index in [2.05, 4.69) is 20.8 Å². The predicted octanol–water partition coefficient (Wildman–Crippen LogP) is 9.83. The van der Waals surface area contributed by atoms with Crippen LogP contribution in [0.5, 0.6) is 0 Å². The first kappa shape index (κ1) is 29.8. The van der Waals surface area contributed by atoms with Crippen LogP contribution in [-0.4, -0.2) is 18.4 Å². The van der Waals surface area contributed by atoms with Gasteiger partial charge in [-0.05, 0) is 35.6 Å². The molecule has 0 aliphatic rings. The van der Waals surface area contributed by atoms with E-state index in [-0.39, 0.29) is 11.8 Å². The maximum Gasteiger partial charge on any atom is 0.338 e. The number of benzene rings is 2. The average Bonchev–Trinajstić information content (AvgIpc) is 2.92. The Morgan fingerprint density at radius 3 is 1.56 bits per heavy atom. The summed E-state index contributed by atoms with van der Waals surface area (Å²) in [6.07, 6.45) is 17.3. The van der Waals surface area contributed by atoms with Gasteiger partial charge in [-0.15, -0.1) is 0 Å². The highest BCUT2D eigenvalue weighted by Crippen LogP contribution is 2.22. The molecule has 0 saturated heterocycles. The molecule has 1 unspecified atom stereocenters. The van der Waals surface area contributed by atoms with E-state index in [0.29, 0.717) is 24.5 Å². The third kappa shape index (κ3) is 11.5. The Kier molecular flexibility index (Phi) is 14.8. The molecule has 36 heavy (non-hydrogen) atoms. The van der Waals surface area contributed by atoms with Crippen LogP contribution in [0, 0.1) is 5.92 Å². The van der Waals surface area contributed by atoms with Crippen LogP contribution in [0.4, 0.5) is 0 Å². The van der Waals surface area contributed by atoms with Crippen molar-refractivity contribution < 1.29 is 14.3 Å². The summed E-state index contributed by atoms with van der Waals surface area (Å²) in [5.74, 6) is 0.322. The molecule has 2 aromatic rings. The van der Waals surface area contributed by atoms with Gasteiger partial charge in [0.15, 0.2) is 5.78 Å². The summed E-state index contributed by atoms with van der Waals surface area (Å²) in [7, 11) is 0. The molecule has 0 heterocycles. The molecule has 0 aliphatic carbocycles. The lowest BCUT2D eigenvalue weighted by Gasteiger charge is -2.10. The lowest BCUT2D eigenvalue weighted by atomic mass is 9.99. The molecule has 0 aromatic heterocycles. The van der Waals surface area contributed by atoms with Gasteiger partial charge in [-0.25, -0.2) is 4.79 Å². The van der Waals surface area contributed by atoms with Gasteiger partial charge in [0.1, 0.15) is 0 Å². The highest BCUT2D eigenvalue weighted by Gasteiger charge is 2.10. The van der Waals surface area contributed by atoms with Crippen LogP contribution < -0.4 is 0 Å². The van der Waals surface area contributed by atoms with Crippen molar-refractivity contribution in [2.75, 3.05) is 6.61 Å². The molecule has 2 rings (SSSR count). The standard InChI is InChI=1S/C33H48O3/c1-4-6-7-8-9-10-11-12-13-14-15-16-17-32(34)30-22-18-28(19-23-30)29-20-24-31(25-21-29)33(35)36-26-27(3)5-2/h18-25,27H,4-17,26H2,1-3H3. The lowest BCUT2D eigenvalue weighted by Crippen LogP contribution is -2.11. The minimum atomic E-state index is -0.277. The summed E-state index contributed by atoms with van der Waals surface area (Å²) in [6, 6.07) is 15.3. The van der Waals surface area contributed by atoms with Crippen molar-refractivity contribution in [2.24, 2.45) is 5.92 Å². The largest absolute Gasteiger partial charge is 0.462 e. The van der Waals surface area contributed by atoms with E-state index < -0.39 is 0 Å². The van der Waals surface area contributed by atoms with Gasteiger partial charge in [-0.1, -0.05) is 134 Å². The Morgan fingerprint density at radius 2 is 1.08 bits per heavy atom. The molecule has 0 N–H and O–H groups in total. The molecule has 2 aromatic carbocycles. The Balaban J connectivity index is 1.65. The van der Waals surface area contributed by atoms with E-state index in [1.54, 1.807) is 12.1 Å². The number of ketones is 1. The van der Waals surface area contributed by atoms with Crippen LogP contribution in [0.3, 0.4) is 0 Å². The minimum absolute atomic E-state index is 0.230. The second-order valence-corrected chi connectivity index (χ2v) is 10.3. The molecule has 0 fully saturated rings. The van der Waals surface area contributed by atoms with Crippen LogP contribution in [0.1, 0.15) is 131 Å². The second kappa shape index (κ2) is 17.9. The van der Waals surface area contributed by atoms with Gasteiger partial charge < -0.3 is 4.74 Å². The molecule has 1 atom stereocenters. The van der Waals surface area contributed by atoms with E-state index in [9.17, 15) is 9.59 Å². The Labute approximate surface area is 220 Å². The molecular weight excluding hydrogens is 444 g/mol. The smallest absolute Gasteiger partial charge is 0.338 e. The zero-order chi connectivity index (χ0) is 26.0. The van der Waals surface area contributed by atoms with Crippen molar-refractivity contribution >= 4 is 11.8 Å². The summed E-state index contributed by atoms with van der Waals surface area (Å²) >= 11 is 0. The van der Waals surface area contributed by atoms with Gasteiger partial charge in [0, 0.05) is 12.0 Å². The number of carbonyl (C=O) groups is 2. The third-order valence-electron chi connectivity index (χ3n) is 7.11. The first-order valence-corrected chi connectivity index (χ1v) is 14.5. The summed E-state index contributed by atoms with van der Waals surface area (Å²) < 4.78 is 5.38. The van der Waals surface area contributed by atoms with Crippen LogP contribution in [-0.2, 0) is 4.74 Å². The Bertz CT molecular complexity index is 867. The molecule has 198 valence electrons. The predicted molar refractivity (Wildman–Crippen MR) is 152 cm³/mol. The van der Waals surface area contributed by atoms with Gasteiger partial charge in [0.2, 0.25) is 0 Å². The number of hydrogen-bond acceptors (Lipinski definition) is 3. The maximum atomic E-state index is 12.6. The third-order valence-corrected chi connectivity index (χ3v) is 7.11. The zero-order valence-corrected chi connectivity index (χ0v) is 23.0. The van der Waals surface area contributed by atoms with Crippen LogP contribution >= 0.6 is 0 Å². The minimum Gasteiger partial charge on any atom is -0.462 e. The van der Waals surface area contributed by atoms with Crippen molar-refractivity contribution in [1.29, 1.82) is 0 Å². The topological polar surface area (TPSA) is 43.4 Å². The number of carbonyl (C=O) groups excluding carboxylic acids is 2. The van der Waals surface area contributed by atoms with Crippen molar-refractivity contribution in [3.63, 3.8) is 0 Å². The highest BCUT2D eigenvalue weighted by atomic mass is 16.5. The average molecular weight is 493 g/mol. The summed E-state index contributed by atoms with van der Waals surface area (Å²) in [5, 5.41) is 0. The summed E-state index contributed by atoms with van der Waals surface area (Å²) in [6.45, 7) is 6.88. The summed E-state index contributed by atoms with van der Waals surface area (Å²) in [5.41, 5.74) is 3.41. The molecule has 3 heteroatoms. The zero-order valence-electron chi connectivity index (χ0n) is 23.0. The monoisotopic (exact) mass is 492 g/mol. The molecule has 3 nitrogen and oxygen atoms in total. The van der Waals surface area contributed by atoms with Crippen LogP contribution in [0.25, 0.3) is 11.1 Å². The number of esters is 1. The number of ether oxygens (including phenoxy) is 1. The molecule has 0 saturated carbocycles. The Hall–Kier alpha value is -2.42. The molecule has 0 aliphatic heterocycles. The van der Waals surface area contributed by atoms with Gasteiger partial charge in [-0.3, -0.25) is 4.79 Å². The number of rotatable bonds is 19. The highest BCUT2D eigenvalue weighted by molar-refractivity contribution is 5.96. The first-order chi connectivity index (χ1) is 17.5. The number of unbranched alkanes of at least 4 members (excludes halogenated alkanes) is 11. The SMILES string of the molecule is CCCCCCCCCCCCCCC(=O)c1ccc(-c2ccc(C(=O)OCC(C)CC)cc2)cc1. The van der Waals surface area contributed by atoms with Crippen LogP contribution in [0.2, 0.25) is 0 Å². The normalized spacial score (nSPS) is 11.9. The fourth-order valence-electron chi connectivity index (χ4n) is 4.34. The van der Waals surface area contributed by atoms with E-state index in [1.807, 2.05) is 36.4 Å². The lowest BCUT2D eigenvalue weighted by molar-refractivity contribution is 0.0447. The molecule has 0 radical (unpaired) electrons. The van der Waals surface area contributed by atoms with Crippen molar-refractivity contribution in [1.82, 2.24) is 0 Å². The fourth-order valence-corrected chi connectivity index (χ4v) is 4.34. The molecule has 0 bridgehead atoms. The van der Waals surface area contributed by atoms with E-state index in [1.165, 1.54) is 64.2 Å². The van der Waals surface area contributed by atoms with Crippen molar-refractivity contribution in [3.8, 4) is 11.1 Å². The molecule has 0 amide bonds.